The van der Waals surface area contributed by atoms with Gasteiger partial charge in [0.2, 0.25) is 12.7 Å². The third-order valence-corrected chi connectivity index (χ3v) is 10.8. The van der Waals surface area contributed by atoms with Crippen molar-refractivity contribution in [2.75, 3.05) is 23.0 Å². The summed E-state index contributed by atoms with van der Waals surface area (Å²) in [5.41, 5.74) is 0. The molecular weight excluding hydrogens is 700 g/mol. The number of nitrogens with zero attached hydrogens (tertiary/aromatic N) is 4. The maximum absolute atomic E-state index is 2.47. The molecular formula is C35H66Br2N4S2. The van der Waals surface area contributed by atoms with Crippen molar-refractivity contribution in [2.45, 2.75) is 148 Å². The first-order valence-corrected chi connectivity index (χ1v) is 19.7. The molecule has 252 valence electrons. The van der Waals surface area contributed by atoms with Crippen molar-refractivity contribution in [3.8, 4) is 0 Å². The number of hydrogen-bond acceptors (Lipinski definition) is 2. The van der Waals surface area contributed by atoms with Crippen molar-refractivity contribution in [3.63, 3.8) is 0 Å². The van der Waals surface area contributed by atoms with Gasteiger partial charge in [-0.3, -0.25) is 0 Å². The second kappa shape index (κ2) is 29.5. The topological polar surface area (TPSA) is 17.6 Å². The largest absolute Gasteiger partial charge is 1.00 e. The summed E-state index contributed by atoms with van der Waals surface area (Å²) in [6.07, 6.45) is 39.9. The fraction of sp³-hybridized carbons (Fsp3) is 0.829. The Kier molecular flexibility index (Phi) is 29.5. The Labute approximate surface area is 296 Å². The molecule has 2 rings (SSSR count). The third-order valence-electron chi connectivity index (χ3n) is 8.40. The van der Waals surface area contributed by atoms with Gasteiger partial charge in [0.1, 0.15) is 36.9 Å². The zero-order valence-corrected chi connectivity index (χ0v) is 33.0. The smallest absolute Gasteiger partial charge is 0.243 e. The molecule has 0 amide bonds. The molecule has 2 aromatic heterocycles. The lowest BCUT2D eigenvalue weighted by molar-refractivity contribution is -0.671. The molecule has 0 bridgehead atoms. The van der Waals surface area contributed by atoms with Crippen molar-refractivity contribution in [1.82, 2.24) is 9.13 Å². The van der Waals surface area contributed by atoms with E-state index in [4.69, 9.17) is 0 Å². The van der Waals surface area contributed by atoms with Crippen LogP contribution in [0.15, 0.2) is 37.4 Å². The highest BCUT2D eigenvalue weighted by Crippen LogP contribution is 2.25. The molecule has 4 nitrogen and oxygen atoms in total. The van der Waals surface area contributed by atoms with Gasteiger partial charge in [0.05, 0.1) is 14.1 Å². The fourth-order valence-corrected chi connectivity index (χ4v) is 8.17. The van der Waals surface area contributed by atoms with E-state index in [-0.39, 0.29) is 34.0 Å². The molecule has 2 heterocycles. The van der Waals surface area contributed by atoms with Crippen molar-refractivity contribution >= 4 is 23.5 Å². The van der Waals surface area contributed by atoms with Crippen LogP contribution in [-0.4, -0.2) is 32.1 Å². The standard InChI is InChI=1S/C35H66N4S2.2BrH/c1-5-7-9-11-13-15-17-19-22-34(38-26-24-36(3)32-38)30-40-28-21-29-41-31-35(39-27-25-37(4)33-39)23-20-18-16-14-12-10-8-6-2;;/h24-27,32-35H,5-23,28-31H2,1-4H3;2*1H/q+2;;/p-2. The highest BCUT2D eigenvalue weighted by Gasteiger charge is 2.18. The van der Waals surface area contributed by atoms with Crippen molar-refractivity contribution < 1.29 is 43.1 Å². The Bertz CT molecular complexity index is 792. The molecule has 2 atom stereocenters. The zero-order valence-electron chi connectivity index (χ0n) is 28.2. The molecule has 43 heavy (non-hydrogen) atoms. The van der Waals surface area contributed by atoms with E-state index in [1.165, 1.54) is 145 Å². The van der Waals surface area contributed by atoms with E-state index >= 15 is 0 Å². The molecule has 0 spiro atoms. The van der Waals surface area contributed by atoms with Crippen LogP contribution in [0.1, 0.15) is 148 Å². The summed E-state index contributed by atoms with van der Waals surface area (Å²) in [4.78, 5) is 0. The third kappa shape index (κ3) is 21.5. The average molecular weight is 767 g/mol. The number of rotatable bonds is 28. The van der Waals surface area contributed by atoms with Crippen LogP contribution in [0, 0.1) is 0 Å². The van der Waals surface area contributed by atoms with Gasteiger partial charge in [-0.2, -0.15) is 23.5 Å². The van der Waals surface area contributed by atoms with Crippen LogP contribution in [0.4, 0.5) is 0 Å². The number of aryl methyl sites for hydroxylation is 2. The monoisotopic (exact) mass is 764 g/mol. The summed E-state index contributed by atoms with van der Waals surface area (Å²) in [6.45, 7) is 4.61. The summed E-state index contributed by atoms with van der Waals surface area (Å²) in [5.74, 6) is 5.07. The van der Waals surface area contributed by atoms with Gasteiger partial charge in [-0.05, 0) is 43.6 Å². The highest BCUT2D eigenvalue weighted by molar-refractivity contribution is 8.00. The van der Waals surface area contributed by atoms with Crippen LogP contribution in [0.5, 0.6) is 0 Å². The molecule has 2 unspecified atom stereocenters. The minimum atomic E-state index is 0. The van der Waals surface area contributed by atoms with Gasteiger partial charge < -0.3 is 34.0 Å². The van der Waals surface area contributed by atoms with Gasteiger partial charge in [-0.1, -0.05) is 104 Å². The molecule has 0 aliphatic rings. The summed E-state index contributed by atoms with van der Waals surface area (Å²) >= 11 is 4.35. The quantitative estimate of drug-likeness (QED) is 0.0974. The number of unbranched alkanes of at least 4 members (excludes halogenated alkanes) is 14. The predicted molar refractivity (Wildman–Crippen MR) is 183 cm³/mol. The molecule has 0 saturated heterocycles. The molecule has 0 N–H and O–H groups in total. The first kappa shape index (κ1) is 43.1. The molecule has 0 fully saturated rings. The van der Waals surface area contributed by atoms with Crippen LogP contribution in [-0.2, 0) is 14.1 Å². The van der Waals surface area contributed by atoms with Crippen molar-refractivity contribution in [2.24, 2.45) is 14.1 Å². The summed E-state index contributed by atoms with van der Waals surface area (Å²) in [6, 6.07) is 1.28. The summed E-state index contributed by atoms with van der Waals surface area (Å²) in [7, 11) is 4.29. The lowest BCUT2D eigenvalue weighted by atomic mass is 10.1. The molecule has 0 aliphatic carbocycles. The average Bonchev–Trinajstić information content (AvgIpc) is 3.60. The molecule has 8 heteroatoms. The van der Waals surface area contributed by atoms with E-state index in [1.54, 1.807) is 0 Å². The molecule has 0 radical (unpaired) electrons. The van der Waals surface area contributed by atoms with Crippen LogP contribution >= 0.6 is 23.5 Å². The number of aromatic nitrogens is 4. The van der Waals surface area contributed by atoms with Gasteiger partial charge >= 0.3 is 0 Å². The maximum Gasteiger partial charge on any atom is 0.243 e. The van der Waals surface area contributed by atoms with Gasteiger partial charge in [-0.15, -0.1) is 0 Å². The second-order valence-corrected chi connectivity index (χ2v) is 14.7. The molecule has 0 saturated carbocycles. The Morgan fingerprint density at radius 1 is 0.512 bits per heavy atom. The Hall–Kier alpha value is 0.0800. The predicted octanol–water partition coefficient (Wildman–Crippen LogP) is 3.65. The van der Waals surface area contributed by atoms with Crippen LogP contribution in [0.3, 0.4) is 0 Å². The lowest BCUT2D eigenvalue weighted by Crippen LogP contribution is -3.00. The second-order valence-electron chi connectivity index (χ2n) is 12.4. The van der Waals surface area contributed by atoms with E-state index in [0.29, 0.717) is 12.1 Å². The first-order chi connectivity index (χ1) is 20.1. The van der Waals surface area contributed by atoms with Gasteiger partial charge in [-0.25, -0.2) is 18.3 Å². The summed E-state index contributed by atoms with van der Waals surface area (Å²) < 4.78 is 9.32. The first-order valence-electron chi connectivity index (χ1n) is 17.3. The Morgan fingerprint density at radius 3 is 1.19 bits per heavy atom. The maximum atomic E-state index is 2.47. The van der Waals surface area contributed by atoms with Crippen LogP contribution in [0.2, 0.25) is 0 Å². The Morgan fingerprint density at radius 2 is 0.860 bits per heavy atom. The van der Waals surface area contributed by atoms with E-state index in [2.05, 4.69) is 107 Å². The minimum absolute atomic E-state index is 0. The number of imidazole rings is 2. The molecule has 0 aliphatic heterocycles. The van der Waals surface area contributed by atoms with E-state index in [9.17, 15) is 0 Å². The fourth-order valence-electron chi connectivity index (χ4n) is 5.74. The number of thioether (sulfide) groups is 2. The number of hydrogen-bond donors (Lipinski definition) is 0. The number of halogens is 2. The van der Waals surface area contributed by atoms with E-state index < -0.39 is 0 Å². The highest BCUT2D eigenvalue weighted by atomic mass is 79.9. The van der Waals surface area contributed by atoms with Gasteiger partial charge in [0.25, 0.3) is 0 Å². The normalized spacial score (nSPS) is 12.6. The molecule has 2 aromatic rings. The van der Waals surface area contributed by atoms with Gasteiger partial charge in [0, 0.05) is 11.5 Å². The van der Waals surface area contributed by atoms with Crippen LogP contribution < -0.4 is 43.1 Å². The Balaban J connectivity index is 0.00000882. The van der Waals surface area contributed by atoms with Crippen molar-refractivity contribution in [3.05, 3.63) is 37.4 Å². The summed E-state index contributed by atoms with van der Waals surface area (Å²) in [5, 5.41) is 0. The van der Waals surface area contributed by atoms with Gasteiger partial charge in [0.15, 0.2) is 0 Å². The SMILES string of the molecule is CCCCCCCCCCC(CSCCCSCC(CCCCCCCCCC)n1cc[n+](C)c1)n1cc[n+](C)c1.[Br-].[Br-]. The molecule has 0 aromatic carbocycles. The zero-order chi connectivity index (χ0) is 29.4. The lowest BCUT2D eigenvalue weighted by Gasteiger charge is -2.15. The van der Waals surface area contributed by atoms with Crippen LogP contribution in [0.25, 0.3) is 0 Å². The minimum Gasteiger partial charge on any atom is -1.00 e. The van der Waals surface area contributed by atoms with Crippen molar-refractivity contribution in [1.29, 1.82) is 0 Å². The van der Waals surface area contributed by atoms with E-state index in [1.807, 2.05) is 0 Å². The van der Waals surface area contributed by atoms with E-state index in [0.717, 1.165) is 0 Å².